The van der Waals surface area contributed by atoms with Gasteiger partial charge in [0.25, 0.3) is 0 Å². The van der Waals surface area contributed by atoms with Gasteiger partial charge in [0.2, 0.25) is 0 Å². The van der Waals surface area contributed by atoms with E-state index in [0.29, 0.717) is 12.8 Å². The van der Waals surface area contributed by atoms with Crippen LogP contribution in [0, 0.1) is 0 Å². The minimum Gasteiger partial charge on any atom is -0.444 e. The van der Waals surface area contributed by atoms with Crippen LogP contribution in [0.4, 0.5) is 4.79 Å². The second kappa shape index (κ2) is 8.59. The summed E-state index contributed by atoms with van der Waals surface area (Å²) in [7, 11) is 0. The van der Waals surface area contributed by atoms with Gasteiger partial charge in [-0.15, -0.1) is 0 Å². The van der Waals surface area contributed by atoms with Crippen LogP contribution in [0.2, 0.25) is 0 Å². The fourth-order valence-corrected chi connectivity index (χ4v) is 2.07. The molecule has 0 saturated heterocycles. The largest absolute Gasteiger partial charge is 0.444 e. The highest BCUT2D eigenvalue weighted by molar-refractivity contribution is 5.70. The van der Waals surface area contributed by atoms with Gasteiger partial charge in [-0.2, -0.15) is 0 Å². The molecule has 1 atom stereocenters. The molecule has 1 rings (SSSR count). The molecule has 0 fully saturated rings. The van der Waals surface area contributed by atoms with Crippen molar-refractivity contribution in [2.45, 2.75) is 52.2 Å². The summed E-state index contributed by atoms with van der Waals surface area (Å²) in [6, 6.07) is 9.83. The van der Waals surface area contributed by atoms with Gasteiger partial charge >= 0.3 is 6.09 Å². The van der Waals surface area contributed by atoms with Gasteiger partial charge < -0.3 is 15.2 Å². The molecule has 0 aliphatic heterocycles. The fraction of sp³-hybridized carbons (Fsp3) is 0.500. The summed E-state index contributed by atoms with van der Waals surface area (Å²) in [5.74, 6) is 0. The van der Waals surface area contributed by atoms with Crippen LogP contribution < -0.4 is 5.32 Å². The average molecular weight is 305 g/mol. The number of carbonyl (C=O) groups excluding carboxylic acids is 1. The lowest BCUT2D eigenvalue weighted by Gasteiger charge is -2.22. The van der Waals surface area contributed by atoms with E-state index in [9.17, 15) is 4.79 Å². The maximum Gasteiger partial charge on any atom is 0.408 e. The van der Waals surface area contributed by atoms with Crippen LogP contribution >= 0.6 is 0 Å². The van der Waals surface area contributed by atoms with E-state index in [1.54, 1.807) is 0 Å². The third-order valence-electron chi connectivity index (χ3n) is 3.06. The summed E-state index contributed by atoms with van der Waals surface area (Å²) in [6.07, 6.45) is 2.86. The van der Waals surface area contributed by atoms with Gasteiger partial charge in [0, 0.05) is 6.61 Å². The van der Waals surface area contributed by atoms with Crippen molar-refractivity contribution < 1.29 is 14.6 Å². The number of amides is 1. The van der Waals surface area contributed by atoms with Crippen LogP contribution in [-0.4, -0.2) is 29.4 Å². The van der Waals surface area contributed by atoms with Gasteiger partial charge in [-0.25, -0.2) is 4.79 Å². The van der Waals surface area contributed by atoms with E-state index in [2.05, 4.69) is 5.32 Å². The molecule has 0 radical (unpaired) electrons. The Morgan fingerprint density at radius 1 is 1.32 bits per heavy atom. The lowest BCUT2D eigenvalue weighted by Crippen LogP contribution is -2.38. The molecular weight excluding hydrogens is 278 g/mol. The van der Waals surface area contributed by atoms with E-state index in [4.69, 9.17) is 9.84 Å². The Morgan fingerprint density at radius 2 is 1.95 bits per heavy atom. The van der Waals surface area contributed by atoms with E-state index in [1.165, 1.54) is 0 Å². The molecular formula is C18H27NO3. The molecule has 0 heterocycles. The first-order valence-electron chi connectivity index (χ1n) is 7.66. The normalized spacial score (nSPS) is 13.6. The molecule has 0 aromatic heterocycles. The SMILES string of the molecule is C/C(=C\[C@H](CCCO)NC(=O)OC(C)(C)C)c1ccccc1. The molecule has 4 heteroatoms. The zero-order valence-electron chi connectivity index (χ0n) is 13.9. The van der Waals surface area contributed by atoms with Gasteiger partial charge in [0.15, 0.2) is 0 Å². The van der Waals surface area contributed by atoms with Crippen molar-refractivity contribution >= 4 is 11.7 Å². The Bertz CT molecular complexity index is 489. The van der Waals surface area contributed by atoms with E-state index in [0.717, 1.165) is 11.1 Å². The van der Waals surface area contributed by atoms with Crippen LogP contribution in [0.1, 0.15) is 46.1 Å². The molecule has 0 saturated carbocycles. The highest BCUT2D eigenvalue weighted by atomic mass is 16.6. The van der Waals surface area contributed by atoms with Crippen molar-refractivity contribution in [3.05, 3.63) is 42.0 Å². The number of benzene rings is 1. The van der Waals surface area contributed by atoms with Crippen molar-refractivity contribution in [3.8, 4) is 0 Å². The van der Waals surface area contributed by atoms with Gasteiger partial charge in [-0.05, 0) is 51.7 Å². The second-order valence-electron chi connectivity index (χ2n) is 6.33. The maximum absolute atomic E-state index is 11.9. The Balaban J connectivity index is 2.77. The highest BCUT2D eigenvalue weighted by Crippen LogP contribution is 2.15. The van der Waals surface area contributed by atoms with Crippen molar-refractivity contribution in [1.82, 2.24) is 5.32 Å². The van der Waals surface area contributed by atoms with Crippen LogP contribution in [0.15, 0.2) is 36.4 Å². The van der Waals surface area contributed by atoms with E-state index < -0.39 is 11.7 Å². The number of alkyl carbamates (subject to hydrolysis) is 1. The number of carbonyl (C=O) groups is 1. The highest BCUT2D eigenvalue weighted by Gasteiger charge is 2.18. The average Bonchev–Trinajstić information content (AvgIpc) is 2.43. The molecule has 0 unspecified atom stereocenters. The van der Waals surface area contributed by atoms with Crippen molar-refractivity contribution in [2.24, 2.45) is 0 Å². The molecule has 2 N–H and O–H groups in total. The second-order valence-corrected chi connectivity index (χ2v) is 6.33. The minimum absolute atomic E-state index is 0.102. The predicted molar refractivity (Wildman–Crippen MR) is 89.6 cm³/mol. The molecule has 0 spiro atoms. The number of rotatable bonds is 6. The summed E-state index contributed by atoms with van der Waals surface area (Å²) < 4.78 is 5.29. The zero-order valence-corrected chi connectivity index (χ0v) is 13.9. The third-order valence-corrected chi connectivity index (χ3v) is 3.06. The first-order chi connectivity index (χ1) is 10.3. The number of hydrogen-bond acceptors (Lipinski definition) is 3. The van der Waals surface area contributed by atoms with Gasteiger partial charge in [0.05, 0.1) is 6.04 Å². The third kappa shape index (κ3) is 7.27. The Morgan fingerprint density at radius 3 is 2.50 bits per heavy atom. The number of aliphatic hydroxyl groups excluding tert-OH is 1. The Kier molecular flexibility index (Phi) is 7.12. The summed E-state index contributed by atoms with van der Waals surface area (Å²) in [4.78, 5) is 11.9. The van der Waals surface area contributed by atoms with Gasteiger partial charge in [-0.3, -0.25) is 0 Å². The summed E-state index contributed by atoms with van der Waals surface area (Å²) >= 11 is 0. The van der Waals surface area contributed by atoms with E-state index in [-0.39, 0.29) is 12.6 Å². The first kappa shape index (κ1) is 18.2. The lowest BCUT2D eigenvalue weighted by atomic mass is 10.0. The standard InChI is InChI=1S/C18H27NO3/c1-14(15-9-6-5-7-10-15)13-16(11-8-12-20)19-17(21)22-18(2,3)4/h5-7,9-10,13,16,20H,8,11-12H2,1-4H3,(H,19,21)/b14-13+/t16-/m0/s1. The van der Waals surface area contributed by atoms with Crippen LogP contribution in [0.5, 0.6) is 0 Å². The van der Waals surface area contributed by atoms with Gasteiger partial charge in [0.1, 0.15) is 5.60 Å². The lowest BCUT2D eigenvalue weighted by molar-refractivity contribution is 0.0511. The molecule has 4 nitrogen and oxygen atoms in total. The maximum atomic E-state index is 11.9. The molecule has 22 heavy (non-hydrogen) atoms. The topological polar surface area (TPSA) is 58.6 Å². The van der Waals surface area contributed by atoms with Crippen molar-refractivity contribution in [2.75, 3.05) is 6.61 Å². The van der Waals surface area contributed by atoms with Gasteiger partial charge in [-0.1, -0.05) is 36.4 Å². The molecule has 0 aliphatic rings. The molecule has 0 bridgehead atoms. The number of aliphatic hydroxyl groups is 1. The zero-order chi connectivity index (χ0) is 16.6. The van der Waals surface area contributed by atoms with Crippen LogP contribution in [-0.2, 0) is 4.74 Å². The number of ether oxygens (including phenoxy) is 1. The molecule has 0 aliphatic carbocycles. The van der Waals surface area contributed by atoms with Crippen molar-refractivity contribution in [1.29, 1.82) is 0 Å². The number of nitrogens with one attached hydrogen (secondary N) is 1. The Labute approximate surface area is 133 Å². The van der Waals surface area contributed by atoms with E-state index >= 15 is 0 Å². The quantitative estimate of drug-likeness (QED) is 0.841. The summed E-state index contributed by atoms with van der Waals surface area (Å²) in [5, 5.41) is 11.9. The first-order valence-corrected chi connectivity index (χ1v) is 7.66. The number of allylic oxidation sites excluding steroid dienone is 1. The Hall–Kier alpha value is -1.81. The summed E-state index contributed by atoms with van der Waals surface area (Å²) in [5.41, 5.74) is 1.67. The van der Waals surface area contributed by atoms with Crippen molar-refractivity contribution in [3.63, 3.8) is 0 Å². The smallest absolute Gasteiger partial charge is 0.408 e. The minimum atomic E-state index is -0.524. The predicted octanol–water partition coefficient (Wildman–Crippen LogP) is 3.76. The summed E-state index contributed by atoms with van der Waals surface area (Å²) in [6.45, 7) is 7.61. The molecule has 1 amide bonds. The number of hydrogen-bond donors (Lipinski definition) is 2. The molecule has 1 aromatic rings. The monoisotopic (exact) mass is 305 g/mol. The molecule has 122 valence electrons. The van der Waals surface area contributed by atoms with Crippen LogP contribution in [0.25, 0.3) is 5.57 Å². The molecule has 1 aromatic carbocycles. The van der Waals surface area contributed by atoms with Crippen LogP contribution in [0.3, 0.4) is 0 Å². The fourth-order valence-electron chi connectivity index (χ4n) is 2.07. The van der Waals surface area contributed by atoms with E-state index in [1.807, 2.05) is 64.1 Å².